The molecule has 0 fully saturated rings. The second kappa shape index (κ2) is 11.9. The van der Waals surface area contributed by atoms with Gasteiger partial charge in [0, 0.05) is 70.1 Å². The molecular weight excluding hydrogens is 586 g/mol. The third-order valence-corrected chi connectivity index (χ3v) is 8.90. The number of fused-ring (bicyclic) bond motifs is 4. The van der Waals surface area contributed by atoms with Gasteiger partial charge in [-0.3, -0.25) is 33.9 Å². The molecule has 1 amide bonds. The molecule has 1 N–H and O–H groups in total. The summed E-state index contributed by atoms with van der Waals surface area (Å²) in [6.07, 6.45) is 3.44. The molecule has 46 heavy (non-hydrogen) atoms. The Morgan fingerprint density at radius 1 is 1.11 bits per heavy atom. The van der Waals surface area contributed by atoms with Gasteiger partial charge in [-0.2, -0.15) is 10.2 Å². The predicted octanol–water partition coefficient (Wildman–Crippen LogP) is 2.78. The zero-order valence-corrected chi connectivity index (χ0v) is 27.4. The van der Waals surface area contributed by atoms with Crippen LogP contribution in [0.2, 0.25) is 0 Å². The van der Waals surface area contributed by atoms with Crippen molar-refractivity contribution in [2.45, 2.75) is 53.2 Å². The van der Waals surface area contributed by atoms with Crippen LogP contribution in [0.15, 0.2) is 46.2 Å². The van der Waals surface area contributed by atoms with E-state index in [0.717, 1.165) is 38.2 Å². The van der Waals surface area contributed by atoms with Crippen molar-refractivity contribution >= 4 is 34.8 Å². The van der Waals surface area contributed by atoms with Crippen molar-refractivity contribution in [3.8, 4) is 0 Å². The van der Waals surface area contributed by atoms with Crippen molar-refractivity contribution in [2.75, 3.05) is 39.1 Å². The molecule has 5 heterocycles. The fourth-order valence-electron chi connectivity index (χ4n) is 6.78. The van der Waals surface area contributed by atoms with Crippen LogP contribution in [-0.2, 0) is 49.1 Å². The quantitative estimate of drug-likeness (QED) is 0.183. The highest BCUT2D eigenvalue weighted by Crippen LogP contribution is 2.39. The maximum absolute atomic E-state index is 14.0. The van der Waals surface area contributed by atoms with Gasteiger partial charge >= 0.3 is 5.97 Å². The first-order valence-electron chi connectivity index (χ1n) is 15.5. The van der Waals surface area contributed by atoms with E-state index < -0.39 is 5.97 Å². The fourth-order valence-corrected chi connectivity index (χ4v) is 6.78. The number of carbonyl (C=O) groups is 2. The van der Waals surface area contributed by atoms with Gasteiger partial charge in [0.1, 0.15) is 23.8 Å². The van der Waals surface area contributed by atoms with E-state index in [1.54, 1.807) is 31.1 Å². The van der Waals surface area contributed by atoms with E-state index >= 15 is 0 Å². The van der Waals surface area contributed by atoms with E-state index in [9.17, 15) is 14.4 Å². The lowest BCUT2D eigenvalue weighted by Crippen LogP contribution is -2.45. The van der Waals surface area contributed by atoms with Gasteiger partial charge in [-0.05, 0) is 43.0 Å². The summed E-state index contributed by atoms with van der Waals surface area (Å²) < 4.78 is 10.8. The van der Waals surface area contributed by atoms with Crippen LogP contribution in [0.3, 0.4) is 0 Å². The van der Waals surface area contributed by atoms with Gasteiger partial charge in [-0.1, -0.05) is 26.5 Å². The highest BCUT2D eigenvalue weighted by molar-refractivity contribution is 6.16. The van der Waals surface area contributed by atoms with Gasteiger partial charge in [-0.15, -0.1) is 0 Å². The number of aromatic nitrogens is 5. The van der Waals surface area contributed by atoms with Crippen LogP contribution >= 0.6 is 0 Å². The molecule has 242 valence electrons. The summed E-state index contributed by atoms with van der Waals surface area (Å²) in [6, 6.07) is 5.57. The summed E-state index contributed by atoms with van der Waals surface area (Å²) in [7, 11) is 5.22. The van der Waals surface area contributed by atoms with Gasteiger partial charge in [-0.25, -0.2) is 4.68 Å². The molecule has 13 heteroatoms. The van der Waals surface area contributed by atoms with Crippen molar-refractivity contribution in [2.24, 2.45) is 17.5 Å². The topological polar surface area (TPSA) is 132 Å². The Hall–Kier alpha value is -4.78. The van der Waals surface area contributed by atoms with E-state index in [4.69, 9.17) is 4.74 Å². The van der Waals surface area contributed by atoms with E-state index in [2.05, 4.69) is 57.4 Å². The first kappa shape index (κ1) is 31.2. The number of nitrogens with zero attached hydrogens (tertiary/aromatic N) is 8. The number of amides is 1. The Bertz CT molecular complexity index is 1870. The molecule has 2 aliphatic heterocycles. The maximum Gasteiger partial charge on any atom is 0.302 e. The van der Waals surface area contributed by atoms with Crippen molar-refractivity contribution in [3.05, 3.63) is 75.1 Å². The van der Waals surface area contributed by atoms with E-state index in [1.807, 2.05) is 16.8 Å². The average Bonchev–Trinajstić information content (AvgIpc) is 3.64. The number of rotatable bonds is 7. The molecule has 3 aromatic rings. The molecular formula is C33H41N9O4. The number of hydrogen-bond acceptors (Lipinski definition) is 9. The van der Waals surface area contributed by atoms with Gasteiger partial charge in [0.15, 0.2) is 5.82 Å². The fraction of sp³-hybridized carbons (Fsp3) is 0.455. The van der Waals surface area contributed by atoms with E-state index in [0.29, 0.717) is 47.3 Å². The third-order valence-electron chi connectivity index (χ3n) is 8.90. The van der Waals surface area contributed by atoms with Crippen LogP contribution in [0, 0.1) is 5.41 Å². The second-order valence-corrected chi connectivity index (χ2v) is 13.0. The molecule has 0 saturated carbocycles. The van der Waals surface area contributed by atoms with Gasteiger partial charge in [0.05, 0.1) is 17.9 Å². The molecule has 1 aliphatic carbocycles. The second-order valence-electron chi connectivity index (χ2n) is 13.0. The van der Waals surface area contributed by atoms with Crippen molar-refractivity contribution in [1.29, 1.82) is 0 Å². The molecule has 3 aromatic heterocycles. The monoisotopic (exact) mass is 627 g/mol. The number of allylic oxidation sites excluding steroid dienone is 2. The van der Waals surface area contributed by atoms with Gasteiger partial charge in [0.25, 0.3) is 11.5 Å². The minimum Gasteiger partial charge on any atom is -0.461 e. The summed E-state index contributed by atoms with van der Waals surface area (Å²) in [5.41, 5.74) is 5.53. The molecule has 0 spiro atoms. The van der Waals surface area contributed by atoms with E-state index in [1.165, 1.54) is 22.9 Å². The smallest absolute Gasteiger partial charge is 0.302 e. The van der Waals surface area contributed by atoms with Crippen LogP contribution < -0.4 is 10.9 Å². The first-order valence-corrected chi connectivity index (χ1v) is 15.5. The summed E-state index contributed by atoms with van der Waals surface area (Å²) >= 11 is 0. The van der Waals surface area contributed by atoms with Crippen LogP contribution in [0.25, 0.3) is 5.57 Å². The zero-order chi connectivity index (χ0) is 32.9. The number of hydrogen-bond donors (Lipinski definition) is 1. The van der Waals surface area contributed by atoms with Crippen molar-refractivity contribution < 1.29 is 14.3 Å². The third kappa shape index (κ3) is 5.70. The molecule has 0 atom stereocenters. The number of amidine groups is 1. The predicted molar refractivity (Wildman–Crippen MR) is 175 cm³/mol. The normalized spacial score (nSPS) is 18.1. The van der Waals surface area contributed by atoms with Crippen molar-refractivity contribution in [1.82, 2.24) is 33.9 Å². The minimum absolute atomic E-state index is 0.173. The maximum atomic E-state index is 14.0. The molecule has 0 saturated heterocycles. The number of esters is 1. The summed E-state index contributed by atoms with van der Waals surface area (Å²) in [6.45, 7) is 13.1. The molecule has 3 aliphatic rings. The molecule has 13 nitrogen and oxygen atoms in total. The summed E-state index contributed by atoms with van der Waals surface area (Å²) in [5.74, 6) is 0.245. The number of aryl methyl sites for hydroxylation is 1. The lowest BCUT2D eigenvalue weighted by atomic mass is 9.90. The standard InChI is InChI=1S/C33H41N9O4/c1-8-23(25-15-26(31(44)39(7)36-25)35-29-14-22-18-38(6)9-12-42(22)37-29)24(19-46-20(2)43)30(34-5)41-11-10-40-27(32(41)45)13-21-16-33(3,4)17-28(21)40/h8,13-15H,1,9-12,16-19H2,2-7H3,(H,35,37)/b24-23+,34-30+. The number of anilines is 2. The molecule has 0 aromatic carbocycles. The highest BCUT2D eigenvalue weighted by Gasteiger charge is 2.38. The number of nitrogens with one attached hydrogen (secondary N) is 1. The average molecular weight is 628 g/mol. The number of carbonyl (C=O) groups excluding carboxylic acids is 2. The van der Waals surface area contributed by atoms with E-state index in [-0.39, 0.29) is 29.2 Å². The van der Waals surface area contributed by atoms with Crippen LogP contribution in [-0.4, -0.2) is 85.4 Å². The number of likely N-dealkylation sites (N-methyl/N-ethyl adjacent to an activating group) is 1. The number of ether oxygens (including phenoxy) is 1. The molecule has 0 radical (unpaired) electrons. The largest absolute Gasteiger partial charge is 0.461 e. The van der Waals surface area contributed by atoms with Crippen LogP contribution in [0.1, 0.15) is 53.9 Å². The summed E-state index contributed by atoms with van der Waals surface area (Å²) in [4.78, 5) is 47.7. The Labute approximate surface area is 267 Å². The zero-order valence-electron chi connectivity index (χ0n) is 27.4. The number of aliphatic imine (C=N–C) groups is 1. The van der Waals surface area contributed by atoms with Crippen molar-refractivity contribution in [3.63, 3.8) is 0 Å². The Morgan fingerprint density at radius 3 is 2.61 bits per heavy atom. The lowest BCUT2D eigenvalue weighted by Gasteiger charge is -2.32. The molecule has 6 rings (SSSR count). The Morgan fingerprint density at radius 2 is 1.89 bits per heavy atom. The minimum atomic E-state index is -0.487. The van der Waals surface area contributed by atoms with Gasteiger partial charge in [0.2, 0.25) is 0 Å². The first-order chi connectivity index (χ1) is 21.9. The molecule has 0 unspecified atom stereocenters. The SMILES string of the molecule is C=C/C(=C(COC(C)=O)\C(=N/C)N1CCn2c(cc3c2CC(C)(C)C3)C1=O)c1cc(Nc2cc3n(n2)CCN(C)C3)c(=O)n(C)n1. The van der Waals surface area contributed by atoms with Gasteiger partial charge < -0.3 is 14.6 Å². The highest BCUT2D eigenvalue weighted by atomic mass is 16.5. The molecule has 0 bridgehead atoms. The summed E-state index contributed by atoms with van der Waals surface area (Å²) in [5, 5.41) is 12.4. The Balaban J connectivity index is 1.38. The van der Waals surface area contributed by atoms with Crippen LogP contribution in [0.4, 0.5) is 11.5 Å². The van der Waals surface area contributed by atoms with Crippen LogP contribution in [0.5, 0.6) is 0 Å². The lowest BCUT2D eigenvalue weighted by molar-refractivity contribution is -0.139. The Kier molecular flexibility index (Phi) is 8.05.